The maximum absolute atomic E-state index is 5.95. The lowest BCUT2D eigenvalue weighted by atomic mass is 10.2. The minimum absolute atomic E-state index is 0.432. The summed E-state index contributed by atoms with van der Waals surface area (Å²) in [5.41, 5.74) is 1.60. The van der Waals surface area contributed by atoms with E-state index in [9.17, 15) is 0 Å². The SMILES string of the molecule is COc1ccc(Br)cc1Nc1ncnc(Cl)c1C. The van der Waals surface area contributed by atoms with Gasteiger partial charge in [-0.1, -0.05) is 27.5 Å². The molecule has 0 atom stereocenters. The van der Waals surface area contributed by atoms with E-state index in [1.54, 1.807) is 7.11 Å². The fourth-order valence-electron chi connectivity index (χ4n) is 1.46. The summed E-state index contributed by atoms with van der Waals surface area (Å²) in [7, 11) is 1.62. The Morgan fingerprint density at radius 2 is 2.11 bits per heavy atom. The normalized spacial score (nSPS) is 10.2. The summed E-state index contributed by atoms with van der Waals surface area (Å²) in [6.07, 6.45) is 1.42. The van der Waals surface area contributed by atoms with E-state index in [2.05, 4.69) is 31.2 Å². The first kappa shape index (κ1) is 13.1. The number of hydrogen-bond donors (Lipinski definition) is 1. The van der Waals surface area contributed by atoms with Crippen LogP contribution in [0, 0.1) is 6.92 Å². The molecule has 0 unspecified atom stereocenters. The number of benzene rings is 1. The third kappa shape index (κ3) is 2.73. The quantitative estimate of drug-likeness (QED) is 0.867. The molecule has 0 aliphatic carbocycles. The molecule has 1 aromatic heterocycles. The van der Waals surface area contributed by atoms with Crippen molar-refractivity contribution in [3.8, 4) is 5.75 Å². The van der Waals surface area contributed by atoms with Crippen molar-refractivity contribution in [2.24, 2.45) is 0 Å². The highest BCUT2D eigenvalue weighted by molar-refractivity contribution is 9.10. The van der Waals surface area contributed by atoms with Gasteiger partial charge in [-0.25, -0.2) is 9.97 Å². The molecule has 94 valence electrons. The van der Waals surface area contributed by atoms with E-state index in [1.165, 1.54) is 6.33 Å². The number of aromatic nitrogens is 2. The van der Waals surface area contributed by atoms with Crippen LogP contribution in [0.25, 0.3) is 0 Å². The number of halogens is 2. The number of hydrogen-bond acceptors (Lipinski definition) is 4. The number of rotatable bonds is 3. The van der Waals surface area contributed by atoms with Gasteiger partial charge in [-0.05, 0) is 25.1 Å². The van der Waals surface area contributed by atoms with Crippen molar-refractivity contribution in [1.29, 1.82) is 0 Å². The van der Waals surface area contributed by atoms with Crippen molar-refractivity contribution in [3.05, 3.63) is 39.7 Å². The van der Waals surface area contributed by atoms with Crippen LogP contribution in [0.3, 0.4) is 0 Å². The van der Waals surface area contributed by atoms with E-state index in [-0.39, 0.29) is 0 Å². The van der Waals surface area contributed by atoms with Gasteiger partial charge in [0.1, 0.15) is 23.0 Å². The van der Waals surface area contributed by atoms with Gasteiger partial charge in [-0.3, -0.25) is 0 Å². The second kappa shape index (κ2) is 5.54. The summed E-state index contributed by atoms with van der Waals surface area (Å²) in [5, 5.41) is 3.61. The van der Waals surface area contributed by atoms with Crippen molar-refractivity contribution in [2.75, 3.05) is 12.4 Å². The predicted molar refractivity (Wildman–Crippen MR) is 75.8 cm³/mol. The zero-order valence-electron chi connectivity index (χ0n) is 9.87. The van der Waals surface area contributed by atoms with Gasteiger partial charge in [0.25, 0.3) is 0 Å². The first-order valence-corrected chi connectivity index (χ1v) is 6.36. The molecule has 0 amide bonds. The van der Waals surface area contributed by atoms with E-state index in [0.29, 0.717) is 11.0 Å². The fraction of sp³-hybridized carbons (Fsp3) is 0.167. The summed E-state index contributed by atoms with van der Waals surface area (Å²) in [5.74, 6) is 1.39. The molecule has 1 N–H and O–H groups in total. The van der Waals surface area contributed by atoms with Gasteiger partial charge in [0, 0.05) is 10.0 Å². The lowest BCUT2D eigenvalue weighted by Crippen LogP contribution is -2.00. The minimum Gasteiger partial charge on any atom is -0.495 e. The molecule has 2 aromatic rings. The third-order valence-electron chi connectivity index (χ3n) is 2.44. The Bertz CT molecular complexity index is 577. The lowest BCUT2D eigenvalue weighted by molar-refractivity contribution is 0.416. The van der Waals surface area contributed by atoms with Gasteiger partial charge in [0.2, 0.25) is 0 Å². The second-order valence-electron chi connectivity index (χ2n) is 3.61. The summed E-state index contributed by atoms with van der Waals surface area (Å²) < 4.78 is 6.23. The topological polar surface area (TPSA) is 47.0 Å². The molecule has 0 radical (unpaired) electrons. The molecule has 2 rings (SSSR count). The number of methoxy groups -OCH3 is 1. The molecule has 4 nitrogen and oxygen atoms in total. The summed E-state index contributed by atoms with van der Waals surface area (Å²) in [6.45, 7) is 1.86. The van der Waals surface area contributed by atoms with Crippen LogP contribution in [0.2, 0.25) is 5.15 Å². The standard InChI is InChI=1S/C12H11BrClN3O/c1-7-11(14)15-6-16-12(7)17-9-5-8(13)3-4-10(9)18-2/h3-6H,1-2H3,(H,15,16,17). The smallest absolute Gasteiger partial charge is 0.142 e. The van der Waals surface area contributed by atoms with Gasteiger partial charge >= 0.3 is 0 Å². The van der Waals surface area contributed by atoms with Crippen molar-refractivity contribution < 1.29 is 4.74 Å². The molecule has 0 bridgehead atoms. The fourth-order valence-corrected chi connectivity index (χ4v) is 1.95. The Balaban J connectivity index is 2.39. The van der Waals surface area contributed by atoms with E-state index in [0.717, 1.165) is 21.5 Å². The molecule has 18 heavy (non-hydrogen) atoms. The molecular weight excluding hydrogens is 318 g/mol. The molecule has 0 aliphatic rings. The maximum atomic E-state index is 5.95. The average molecular weight is 329 g/mol. The summed E-state index contributed by atoms with van der Waals surface area (Å²) >= 11 is 9.37. The van der Waals surface area contributed by atoms with E-state index < -0.39 is 0 Å². The van der Waals surface area contributed by atoms with E-state index in [4.69, 9.17) is 16.3 Å². The van der Waals surface area contributed by atoms with Gasteiger partial charge in [-0.15, -0.1) is 0 Å². The van der Waals surface area contributed by atoms with Crippen LogP contribution < -0.4 is 10.1 Å². The first-order valence-electron chi connectivity index (χ1n) is 5.19. The number of nitrogens with one attached hydrogen (secondary N) is 1. The number of nitrogens with zero attached hydrogens (tertiary/aromatic N) is 2. The highest BCUT2D eigenvalue weighted by Crippen LogP contribution is 2.31. The molecule has 0 saturated heterocycles. The van der Waals surface area contributed by atoms with Crippen molar-refractivity contribution in [1.82, 2.24) is 9.97 Å². The molecule has 0 saturated carbocycles. The molecule has 1 aromatic carbocycles. The second-order valence-corrected chi connectivity index (χ2v) is 4.88. The Morgan fingerprint density at radius 1 is 1.33 bits per heavy atom. The molecule has 0 fully saturated rings. The van der Waals surface area contributed by atoms with Crippen LogP contribution in [0.1, 0.15) is 5.56 Å². The predicted octanol–water partition coefficient (Wildman–Crippen LogP) is 3.95. The van der Waals surface area contributed by atoms with Gasteiger partial charge in [0.05, 0.1) is 12.8 Å². The van der Waals surface area contributed by atoms with Crippen molar-refractivity contribution in [3.63, 3.8) is 0 Å². The average Bonchev–Trinajstić information content (AvgIpc) is 2.35. The van der Waals surface area contributed by atoms with Gasteiger partial charge in [-0.2, -0.15) is 0 Å². The van der Waals surface area contributed by atoms with E-state index >= 15 is 0 Å². The molecule has 6 heteroatoms. The number of anilines is 2. The van der Waals surface area contributed by atoms with Crippen molar-refractivity contribution in [2.45, 2.75) is 6.92 Å². The maximum Gasteiger partial charge on any atom is 0.142 e. The Hall–Kier alpha value is -1.33. The van der Waals surface area contributed by atoms with Crippen LogP contribution >= 0.6 is 27.5 Å². The number of ether oxygens (including phenoxy) is 1. The highest BCUT2D eigenvalue weighted by Gasteiger charge is 2.09. The lowest BCUT2D eigenvalue weighted by Gasteiger charge is -2.12. The zero-order chi connectivity index (χ0) is 13.1. The zero-order valence-corrected chi connectivity index (χ0v) is 12.2. The van der Waals surface area contributed by atoms with Crippen LogP contribution in [0.15, 0.2) is 29.0 Å². The Kier molecular flexibility index (Phi) is 4.04. The van der Waals surface area contributed by atoms with Gasteiger partial charge in [0.15, 0.2) is 0 Å². The Morgan fingerprint density at radius 3 is 2.83 bits per heavy atom. The van der Waals surface area contributed by atoms with Crippen LogP contribution in [-0.4, -0.2) is 17.1 Å². The molecule has 0 aliphatic heterocycles. The van der Waals surface area contributed by atoms with Gasteiger partial charge < -0.3 is 10.1 Å². The molecule has 1 heterocycles. The third-order valence-corrected chi connectivity index (χ3v) is 3.31. The van der Waals surface area contributed by atoms with Crippen LogP contribution in [0.5, 0.6) is 5.75 Å². The minimum atomic E-state index is 0.432. The molecular formula is C12H11BrClN3O. The van der Waals surface area contributed by atoms with Crippen LogP contribution in [-0.2, 0) is 0 Å². The largest absolute Gasteiger partial charge is 0.495 e. The highest BCUT2D eigenvalue weighted by atomic mass is 79.9. The Labute approximate surface area is 118 Å². The van der Waals surface area contributed by atoms with E-state index in [1.807, 2.05) is 25.1 Å². The van der Waals surface area contributed by atoms with Crippen LogP contribution in [0.4, 0.5) is 11.5 Å². The first-order chi connectivity index (χ1) is 8.61. The summed E-state index contributed by atoms with van der Waals surface area (Å²) in [6, 6.07) is 5.68. The monoisotopic (exact) mass is 327 g/mol. The summed E-state index contributed by atoms with van der Waals surface area (Å²) in [4.78, 5) is 8.08. The van der Waals surface area contributed by atoms with Crippen molar-refractivity contribution >= 4 is 39.0 Å². The molecule has 0 spiro atoms.